The first-order chi connectivity index (χ1) is 20.8. The van der Waals surface area contributed by atoms with Gasteiger partial charge in [0.25, 0.3) is 0 Å². The quantitative estimate of drug-likeness (QED) is 0.294. The van der Waals surface area contributed by atoms with E-state index in [2.05, 4.69) is 10.3 Å². The second-order valence-electron chi connectivity index (χ2n) is 10.3. The van der Waals surface area contributed by atoms with Crippen LogP contribution in [0.25, 0.3) is 0 Å². The first-order valence-corrected chi connectivity index (χ1v) is 14.8. The number of carbonyl (C=O) groups is 3. The van der Waals surface area contributed by atoms with E-state index in [-0.39, 0.29) is 30.7 Å². The van der Waals surface area contributed by atoms with Crippen molar-refractivity contribution in [3.05, 3.63) is 71.9 Å². The maximum absolute atomic E-state index is 13.4. The van der Waals surface area contributed by atoms with Gasteiger partial charge in [-0.1, -0.05) is 42.5 Å². The largest absolute Gasteiger partial charge is 0.480 e. The SMILES string of the molecule is CCN(CC)c1ncc(N(CC)C(=O)Cc2ccccc2)c(N[C@@H](Cc2ccc(OC(=O)N3CCCC3)cc2)C(=O)O)n1. The van der Waals surface area contributed by atoms with Crippen LogP contribution in [0.3, 0.4) is 0 Å². The van der Waals surface area contributed by atoms with Crippen molar-refractivity contribution in [3.63, 3.8) is 0 Å². The van der Waals surface area contributed by atoms with Crippen LogP contribution >= 0.6 is 0 Å². The smallest absolute Gasteiger partial charge is 0.415 e. The molecule has 0 spiro atoms. The Labute approximate surface area is 252 Å². The summed E-state index contributed by atoms with van der Waals surface area (Å²) in [6.45, 7) is 8.90. The highest BCUT2D eigenvalue weighted by atomic mass is 16.6. The van der Waals surface area contributed by atoms with Crippen LogP contribution in [0.1, 0.15) is 44.7 Å². The van der Waals surface area contributed by atoms with Gasteiger partial charge in [-0.25, -0.2) is 14.6 Å². The first kappa shape index (κ1) is 31.3. The number of ether oxygens (including phenoxy) is 1. The minimum Gasteiger partial charge on any atom is -0.480 e. The Hall–Kier alpha value is -4.67. The lowest BCUT2D eigenvalue weighted by Crippen LogP contribution is -2.36. The fraction of sp³-hybridized carbons (Fsp3) is 0.406. The molecule has 0 aliphatic carbocycles. The summed E-state index contributed by atoms with van der Waals surface area (Å²) in [5, 5.41) is 13.3. The Bertz CT molecular complexity index is 1370. The molecule has 2 aromatic carbocycles. The summed E-state index contributed by atoms with van der Waals surface area (Å²) in [6, 6.07) is 15.2. The minimum atomic E-state index is -1.07. The average Bonchev–Trinajstić information content (AvgIpc) is 3.56. The molecule has 1 atom stereocenters. The lowest BCUT2D eigenvalue weighted by Gasteiger charge is -2.27. The molecule has 0 saturated carbocycles. The van der Waals surface area contributed by atoms with Gasteiger partial charge in [0, 0.05) is 39.1 Å². The molecule has 228 valence electrons. The number of likely N-dealkylation sites (N-methyl/N-ethyl adjacent to an activating group) is 1. The van der Waals surface area contributed by atoms with Crippen molar-refractivity contribution in [3.8, 4) is 5.75 Å². The van der Waals surface area contributed by atoms with Crippen molar-refractivity contribution in [1.29, 1.82) is 0 Å². The number of carboxylic acid groups (broad SMARTS) is 1. The van der Waals surface area contributed by atoms with Crippen LogP contribution in [0.5, 0.6) is 5.75 Å². The highest BCUT2D eigenvalue weighted by molar-refractivity contribution is 5.97. The minimum absolute atomic E-state index is 0.129. The third-order valence-electron chi connectivity index (χ3n) is 7.45. The molecule has 1 aromatic heterocycles. The van der Waals surface area contributed by atoms with Gasteiger partial charge in [0.15, 0.2) is 5.82 Å². The molecule has 2 N–H and O–H groups in total. The van der Waals surface area contributed by atoms with Crippen LogP contribution < -0.4 is 19.9 Å². The van der Waals surface area contributed by atoms with Crippen LogP contribution in [0.2, 0.25) is 0 Å². The molecule has 0 unspecified atom stereocenters. The Morgan fingerprint density at radius 3 is 2.23 bits per heavy atom. The first-order valence-electron chi connectivity index (χ1n) is 14.8. The number of amides is 2. The number of carbonyl (C=O) groups excluding carboxylic acids is 2. The molecule has 1 fully saturated rings. The molecule has 43 heavy (non-hydrogen) atoms. The number of nitrogens with one attached hydrogen (secondary N) is 1. The molecule has 1 saturated heterocycles. The van der Waals surface area contributed by atoms with Crippen molar-refractivity contribution in [2.75, 3.05) is 47.8 Å². The average molecular weight is 589 g/mol. The van der Waals surface area contributed by atoms with E-state index in [4.69, 9.17) is 9.72 Å². The number of carboxylic acids is 1. The van der Waals surface area contributed by atoms with Gasteiger partial charge in [-0.2, -0.15) is 4.98 Å². The molecule has 0 bridgehead atoms. The molecular formula is C32H40N6O5. The number of benzene rings is 2. The summed E-state index contributed by atoms with van der Waals surface area (Å²) in [4.78, 5) is 52.6. The highest BCUT2D eigenvalue weighted by Crippen LogP contribution is 2.28. The molecule has 0 radical (unpaired) electrons. The predicted molar refractivity (Wildman–Crippen MR) is 166 cm³/mol. The molecule has 4 rings (SSSR count). The van der Waals surface area contributed by atoms with Gasteiger partial charge in [-0.3, -0.25) is 4.79 Å². The van der Waals surface area contributed by atoms with E-state index >= 15 is 0 Å². The van der Waals surface area contributed by atoms with Gasteiger partial charge in [0.1, 0.15) is 17.5 Å². The van der Waals surface area contributed by atoms with E-state index in [0.717, 1.165) is 24.0 Å². The topological polar surface area (TPSA) is 128 Å². The zero-order chi connectivity index (χ0) is 30.8. The molecule has 2 heterocycles. The standard InChI is InChI=1S/C32H40N6O5/c1-4-36(5-2)31-33-22-27(38(6-3)28(39)21-23-12-8-7-9-13-23)29(35-31)34-26(30(40)41)20-24-14-16-25(17-15-24)43-32(42)37-18-10-11-19-37/h7-9,12-17,22,26H,4-6,10-11,18-21H2,1-3H3,(H,40,41)(H,33,34,35)/t26-/m0/s1. The van der Waals surface area contributed by atoms with E-state index in [0.29, 0.717) is 50.1 Å². The Balaban J connectivity index is 1.56. The van der Waals surface area contributed by atoms with Gasteiger partial charge in [-0.05, 0) is 56.9 Å². The second-order valence-corrected chi connectivity index (χ2v) is 10.3. The van der Waals surface area contributed by atoms with Gasteiger partial charge < -0.3 is 29.9 Å². The molecule has 1 aliphatic rings. The van der Waals surface area contributed by atoms with Crippen LogP contribution in [0, 0.1) is 0 Å². The fourth-order valence-corrected chi connectivity index (χ4v) is 5.04. The molecule has 11 heteroatoms. The second kappa shape index (κ2) is 15.0. The maximum atomic E-state index is 13.4. The predicted octanol–water partition coefficient (Wildman–Crippen LogP) is 4.62. The Morgan fingerprint density at radius 2 is 1.63 bits per heavy atom. The zero-order valence-electron chi connectivity index (χ0n) is 25.0. The summed E-state index contributed by atoms with van der Waals surface area (Å²) in [5.74, 6) is -0.114. The van der Waals surface area contributed by atoms with Gasteiger partial charge in [0.2, 0.25) is 11.9 Å². The maximum Gasteiger partial charge on any atom is 0.415 e. The summed E-state index contributed by atoms with van der Waals surface area (Å²) in [6.07, 6.45) is 3.46. The monoisotopic (exact) mass is 588 g/mol. The number of hydrogen-bond acceptors (Lipinski definition) is 8. The lowest BCUT2D eigenvalue weighted by molar-refractivity contribution is -0.137. The van der Waals surface area contributed by atoms with Gasteiger partial charge in [0.05, 0.1) is 12.6 Å². The number of rotatable bonds is 13. The van der Waals surface area contributed by atoms with E-state index < -0.39 is 12.0 Å². The van der Waals surface area contributed by atoms with Crippen molar-refractivity contribution < 1.29 is 24.2 Å². The molecular weight excluding hydrogens is 548 g/mol. The zero-order valence-corrected chi connectivity index (χ0v) is 25.0. The lowest BCUT2D eigenvalue weighted by atomic mass is 10.1. The summed E-state index contributed by atoms with van der Waals surface area (Å²) in [5.41, 5.74) is 2.02. The number of nitrogens with zero attached hydrogens (tertiary/aromatic N) is 5. The van der Waals surface area contributed by atoms with E-state index in [9.17, 15) is 19.5 Å². The Morgan fingerprint density at radius 1 is 0.953 bits per heavy atom. The van der Waals surface area contributed by atoms with E-state index in [1.807, 2.05) is 56.0 Å². The van der Waals surface area contributed by atoms with Crippen LogP contribution in [-0.2, 0) is 22.4 Å². The van der Waals surface area contributed by atoms with Crippen molar-refractivity contribution in [2.24, 2.45) is 0 Å². The number of aromatic nitrogens is 2. The molecule has 1 aliphatic heterocycles. The molecule has 11 nitrogen and oxygen atoms in total. The van der Waals surface area contributed by atoms with Crippen LogP contribution in [0.15, 0.2) is 60.8 Å². The van der Waals surface area contributed by atoms with Crippen LogP contribution in [0.4, 0.5) is 22.2 Å². The van der Waals surface area contributed by atoms with Gasteiger partial charge >= 0.3 is 12.1 Å². The fourth-order valence-electron chi connectivity index (χ4n) is 5.04. The highest BCUT2D eigenvalue weighted by Gasteiger charge is 2.26. The normalized spacial score (nSPS) is 13.3. The molecule has 2 amide bonds. The van der Waals surface area contributed by atoms with Crippen molar-refractivity contribution in [2.45, 2.75) is 52.5 Å². The number of aliphatic carboxylic acids is 1. The van der Waals surface area contributed by atoms with E-state index in [1.54, 1.807) is 40.3 Å². The van der Waals surface area contributed by atoms with Crippen molar-refractivity contribution >= 4 is 35.4 Å². The third-order valence-corrected chi connectivity index (χ3v) is 7.45. The summed E-state index contributed by atoms with van der Waals surface area (Å²) >= 11 is 0. The summed E-state index contributed by atoms with van der Waals surface area (Å²) < 4.78 is 5.47. The molecule has 3 aromatic rings. The number of likely N-dealkylation sites (tertiary alicyclic amines) is 1. The van der Waals surface area contributed by atoms with Crippen molar-refractivity contribution in [1.82, 2.24) is 14.9 Å². The van der Waals surface area contributed by atoms with E-state index in [1.165, 1.54) is 0 Å². The summed E-state index contributed by atoms with van der Waals surface area (Å²) in [7, 11) is 0. The number of hydrogen-bond donors (Lipinski definition) is 2. The Kier molecular flexibility index (Phi) is 10.9. The number of anilines is 3. The third kappa shape index (κ3) is 8.21. The van der Waals surface area contributed by atoms with Gasteiger partial charge in [-0.15, -0.1) is 0 Å². The van der Waals surface area contributed by atoms with Crippen LogP contribution in [-0.4, -0.2) is 76.7 Å².